The first-order chi connectivity index (χ1) is 22.7. The molecule has 0 bridgehead atoms. The Bertz CT molecular complexity index is 1710. The molecule has 0 radical (unpaired) electrons. The third-order valence-electron chi connectivity index (χ3n) is 7.75. The number of carboxylic acids is 1. The minimum atomic E-state index is -0.972. The van der Waals surface area contributed by atoms with Crippen LogP contribution in [0, 0.1) is 0 Å². The summed E-state index contributed by atoms with van der Waals surface area (Å²) in [6.45, 7) is 3.02. The minimum absolute atomic E-state index is 0.0481. The Hall–Kier alpha value is -4.48. The Morgan fingerprint density at radius 1 is 0.894 bits per heavy atom. The second-order valence-corrected chi connectivity index (χ2v) is 12.3. The van der Waals surface area contributed by atoms with Gasteiger partial charge in [-0.3, -0.25) is 9.59 Å². The highest BCUT2D eigenvalue weighted by Crippen LogP contribution is 2.40. The van der Waals surface area contributed by atoms with E-state index in [2.05, 4.69) is 5.32 Å². The third kappa shape index (κ3) is 9.08. The van der Waals surface area contributed by atoms with Crippen molar-refractivity contribution >= 4 is 29.6 Å². The summed E-state index contributed by atoms with van der Waals surface area (Å²) in [6, 6.07) is 30.3. The molecule has 1 heterocycles. The molecule has 4 aromatic rings. The normalized spacial score (nSPS) is 18.2. The van der Waals surface area contributed by atoms with Crippen LogP contribution in [0.25, 0.3) is 11.1 Å². The van der Waals surface area contributed by atoms with E-state index in [9.17, 15) is 24.6 Å². The van der Waals surface area contributed by atoms with Crippen molar-refractivity contribution < 1.29 is 38.8 Å². The molecule has 0 aliphatic carbocycles. The first-order valence-corrected chi connectivity index (χ1v) is 16.3. The zero-order valence-electron chi connectivity index (χ0n) is 26.1. The second-order valence-electron chi connectivity index (χ2n) is 11.3. The zero-order valence-corrected chi connectivity index (χ0v) is 26.9. The van der Waals surface area contributed by atoms with Crippen molar-refractivity contribution in [1.82, 2.24) is 5.32 Å². The maximum absolute atomic E-state index is 12.3. The number of ether oxygens (including phenoxy) is 3. The molecule has 244 valence electrons. The Balaban J connectivity index is 1.35. The van der Waals surface area contributed by atoms with Gasteiger partial charge in [-0.2, -0.15) is 0 Å². The van der Waals surface area contributed by atoms with E-state index in [-0.39, 0.29) is 36.8 Å². The van der Waals surface area contributed by atoms with Gasteiger partial charge in [0.2, 0.25) is 0 Å². The summed E-state index contributed by atoms with van der Waals surface area (Å²) in [4.78, 5) is 36.0. The van der Waals surface area contributed by atoms with Gasteiger partial charge in [-0.25, -0.2) is 4.79 Å². The number of aromatic carboxylic acids is 1. The lowest BCUT2D eigenvalue weighted by molar-refractivity contribution is -0.245. The van der Waals surface area contributed by atoms with E-state index in [1.165, 1.54) is 25.6 Å². The van der Waals surface area contributed by atoms with Gasteiger partial charge in [0.05, 0.1) is 24.4 Å². The van der Waals surface area contributed by atoms with Crippen LogP contribution >= 0.6 is 11.8 Å². The Kier molecular flexibility index (Phi) is 11.4. The second kappa shape index (κ2) is 15.9. The number of benzene rings is 4. The highest BCUT2D eigenvalue weighted by atomic mass is 32.2. The first kappa shape index (κ1) is 33.9. The molecule has 9 nitrogen and oxygen atoms in total. The number of rotatable bonds is 12. The standard InChI is InChI=1S/C37H37NO8S/c1-23(44-24(2)40)35(41)38-20-26-7-5-8-28(17-26)29-9-6-10-30(18-29)37-45-31(22-47-34-12-4-3-11-32(34)36(42)43)19-33(46-37)27-15-13-25(21-39)14-16-27/h3-18,23,31,33,37,39H,19-22H2,1-2H3,(H,38,41)(H,42,43)/t23-,31-,33+,37+/m0/s1. The maximum atomic E-state index is 12.3. The number of carbonyl (C=O) groups excluding carboxylic acids is 2. The summed E-state index contributed by atoms with van der Waals surface area (Å²) in [5, 5.41) is 22.0. The van der Waals surface area contributed by atoms with Gasteiger partial charge in [0.1, 0.15) is 0 Å². The molecule has 4 atom stereocenters. The van der Waals surface area contributed by atoms with E-state index in [1.54, 1.807) is 18.2 Å². The van der Waals surface area contributed by atoms with Crippen molar-refractivity contribution in [3.63, 3.8) is 0 Å². The molecule has 1 amide bonds. The van der Waals surface area contributed by atoms with Crippen LogP contribution in [0.5, 0.6) is 0 Å². The van der Waals surface area contributed by atoms with Crippen molar-refractivity contribution in [3.05, 3.63) is 125 Å². The fourth-order valence-electron chi connectivity index (χ4n) is 5.34. The minimum Gasteiger partial charge on any atom is -0.478 e. The van der Waals surface area contributed by atoms with E-state index < -0.39 is 24.3 Å². The quantitative estimate of drug-likeness (QED) is 0.116. The molecule has 47 heavy (non-hydrogen) atoms. The SMILES string of the molecule is CC(=O)O[C@@H](C)C(=O)NCc1cccc(-c2cccc([C@@H]3O[C@H](CSc4ccccc4C(=O)O)C[C@H](c4ccc(CO)cc4)O3)c2)c1. The molecular weight excluding hydrogens is 618 g/mol. The van der Waals surface area contributed by atoms with Gasteiger partial charge in [-0.05, 0) is 59.0 Å². The number of thioether (sulfide) groups is 1. The molecule has 0 aromatic heterocycles. The van der Waals surface area contributed by atoms with Gasteiger partial charge in [0.15, 0.2) is 12.4 Å². The molecular formula is C37H37NO8S. The lowest BCUT2D eigenvalue weighted by atomic mass is 9.99. The van der Waals surface area contributed by atoms with Crippen molar-refractivity contribution in [3.8, 4) is 11.1 Å². The Morgan fingerprint density at radius 3 is 2.34 bits per heavy atom. The Morgan fingerprint density at radius 2 is 1.62 bits per heavy atom. The van der Waals surface area contributed by atoms with E-state index >= 15 is 0 Å². The molecule has 1 saturated heterocycles. The van der Waals surface area contributed by atoms with E-state index in [4.69, 9.17) is 14.2 Å². The number of aliphatic hydroxyl groups is 1. The molecule has 0 saturated carbocycles. The van der Waals surface area contributed by atoms with Gasteiger partial charge in [-0.15, -0.1) is 11.8 Å². The molecule has 0 spiro atoms. The smallest absolute Gasteiger partial charge is 0.336 e. The number of amides is 1. The summed E-state index contributed by atoms with van der Waals surface area (Å²) in [5.41, 5.74) is 5.61. The average Bonchev–Trinajstić information content (AvgIpc) is 3.09. The highest BCUT2D eigenvalue weighted by molar-refractivity contribution is 7.99. The van der Waals surface area contributed by atoms with Crippen molar-refractivity contribution in [1.29, 1.82) is 0 Å². The molecule has 10 heteroatoms. The van der Waals surface area contributed by atoms with E-state index in [0.717, 1.165) is 33.4 Å². The van der Waals surface area contributed by atoms with Crippen LogP contribution in [0.2, 0.25) is 0 Å². The number of hydrogen-bond donors (Lipinski definition) is 3. The summed E-state index contributed by atoms with van der Waals surface area (Å²) in [6.07, 6.45) is -1.52. The number of esters is 1. The number of nitrogens with one attached hydrogen (secondary N) is 1. The molecule has 1 fully saturated rings. The third-order valence-corrected chi connectivity index (χ3v) is 8.96. The van der Waals surface area contributed by atoms with Gasteiger partial charge < -0.3 is 29.7 Å². The summed E-state index contributed by atoms with van der Waals surface area (Å²) in [7, 11) is 0. The van der Waals surface area contributed by atoms with E-state index in [0.29, 0.717) is 17.1 Å². The van der Waals surface area contributed by atoms with Crippen molar-refractivity contribution in [2.75, 3.05) is 5.75 Å². The lowest BCUT2D eigenvalue weighted by Gasteiger charge is -2.36. The fourth-order valence-corrected chi connectivity index (χ4v) is 6.40. The maximum Gasteiger partial charge on any atom is 0.336 e. The molecule has 0 unspecified atom stereocenters. The van der Waals surface area contributed by atoms with Crippen LogP contribution in [-0.2, 0) is 37.0 Å². The van der Waals surface area contributed by atoms with Crippen LogP contribution < -0.4 is 5.32 Å². The largest absolute Gasteiger partial charge is 0.478 e. The van der Waals surface area contributed by atoms with Gasteiger partial charge in [0, 0.05) is 36.1 Å². The first-order valence-electron chi connectivity index (χ1n) is 15.3. The van der Waals surface area contributed by atoms with E-state index in [1.807, 2.05) is 78.9 Å². The monoisotopic (exact) mass is 655 g/mol. The van der Waals surface area contributed by atoms with Crippen molar-refractivity contribution in [2.45, 2.75) is 62.9 Å². The van der Waals surface area contributed by atoms with Crippen LogP contribution in [0.15, 0.2) is 102 Å². The van der Waals surface area contributed by atoms with Crippen LogP contribution in [0.3, 0.4) is 0 Å². The highest BCUT2D eigenvalue weighted by Gasteiger charge is 2.32. The summed E-state index contributed by atoms with van der Waals surface area (Å²) >= 11 is 1.45. The van der Waals surface area contributed by atoms with Crippen LogP contribution in [-0.4, -0.2) is 46.0 Å². The molecule has 1 aliphatic rings. The number of aliphatic hydroxyl groups excluding tert-OH is 1. The van der Waals surface area contributed by atoms with Crippen molar-refractivity contribution in [2.24, 2.45) is 0 Å². The average molecular weight is 656 g/mol. The Labute approximate surface area is 277 Å². The lowest BCUT2D eigenvalue weighted by Crippen LogP contribution is -2.35. The van der Waals surface area contributed by atoms with Crippen LogP contribution in [0.4, 0.5) is 0 Å². The molecule has 3 N–H and O–H groups in total. The fraction of sp³-hybridized carbons (Fsp3) is 0.270. The van der Waals surface area contributed by atoms with Gasteiger partial charge in [-0.1, -0.05) is 72.8 Å². The van der Waals surface area contributed by atoms with Crippen LogP contribution in [0.1, 0.15) is 65.3 Å². The van der Waals surface area contributed by atoms with Gasteiger partial charge >= 0.3 is 11.9 Å². The topological polar surface area (TPSA) is 131 Å². The molecule has 5 rings (SSSR count). The summed E-state index contributed by atoms with van der Waals surface area (Å²) < 4.78 is 18.0. The number of hydrogen-bond acceptors (Lipinski definition) is 8. The molecule has 4 aromatic carbocycles. The summed E-state index contributed by atoms with van der Waals surface area (Å²) in [5.74, 6) is -1.33. The predicted octanol–water partition coefficient (Wildman–Crippen LogP) is 6.45. The molecule has 1 aliphatic heterocycles. The zero-order chi connectivity index (χ0) is 33.3. The van der Waals surface area contributed by atoms with Gasteiger partial charge in [0.25, 0.3) is 5.91 Å². The number of carboxylic acid groups (broad SMARTS) is 1. The number of carbonyl (C=O) groups is 3. The predicted molar refractivity (Wildman–Crippen MR) is 177 cm³/mol.